The first-order valence-corrected chi connectivity index (χ1v) is 10.3. The fourth-order valence-corrected chi connectivity index (χ4v) is 3.44. The minimum Gasteiger partial charge on any atom is -0.376 e. The molecule has 0 unspecified atom stereocenters. The maximum atomic E-state index is 6.03. The van der Waals surface area contributed by atoms with Crippen molar-refractivity contribution in [3.8, 4) is 16.9 Å². The van der Waals surface area contributed by atoms with E-state index in [2.05, 4.69) is 36.0 Å². The highest BCUT2D eigenvalue weighted by Crippen LogP contribution is 2.23. The summed E-state index contributed by atoms with van der Waals surface area (Å²) in [5, 5.41) is 10.0. The molecular formula is C21H19BrClN5. The topological polar surface area (TPSA) is 46.3 Å². The van der Waals surface area contributed by atoms with E-state index >= 15 is 0 Å². The van der Waals surface area contributed by atoms with Gasteiger partial charge in [0.2, 0.25) is 0 Å². The van der Waals surface area contributed by atoms with Crippen molar-refractivity contribution in [3.63, 3.8) is 0 Å². The molecule has 0 saturated carbocycles. The lowest BCUT2D eigenvalue weighted by Gasteiger charge is -2.08. The molecule has 3 aromatic rings. The molecule has 0 radical (unpaired) electrons. The first-order valence-electron chi connectivity index (χ1n) is 9.12. The molecule has 2 heterocycles. The molecular weight excluding hydrogens is 438 g/mol. The number of aromatic nitrogens is 3. The predicted molar refractivity (Wildman–Crippen MR) is 117 cm³/mol. The van der Waals surface area contributed by atoms with Crippen molar-refractivity contribution in [1.29, 1.82) is 0 Å². The van der Waals surface area contributed by atoms with E-state index in [9.17, 15) is 0 Å². The lowest BCUT2D eigenvalue weighted by atomic mass is 10.1. The second-order valence-electron chi connectivity index (χ2n) is 6.53. The number of likely N-dealkylation sites (tertiary alicyclic amines) is 1. The number of benzene rings is 2. The van der Waals surface area contributed by atoms with Crippen molar-refractivity contribution in [2.24, 2.45) is 4.99 Å². The molecule has 0 aliphatic carbocycles. The van der Waals surface area contributed by atoms with Crippen molar-refractivity contribution >= 4 is 33.7 Å². The highest BCUT2D eigenvalue weighted by atomic mass is 79.9. The second kappa shape index (κ2) is 8.71. The van der Waals surface area contributed by atoms with Crippen LogP contribution in [0.15, 0.2) is 70.4 Å². The summed E-state index contributed by atoms with van der Waals surface area (Å²) in [6, 6.07) is 15.4. The van der Waals surface area contributed by atoms with E-state index in [1.54, 1.807) is 11.0 Å². The van der Waals surface area contributed by atoms with Crippen LogP contribution in [0.3, 0.4) is 0 Å². The fraction of sp³-hybridized carbons (Fsp3) is 0.190. The van der Waals surface area contributed by atoms with Crippen LogP contribution < -0.4 is 0 Å². The summed E-state index contributed by atoms with van der Waals surface area (Å²) < 4.78 is 1.01. The molecule has 0 N–H and O–H groups in total. The van der Waals surface area contributed by atoms with E-state index in [0.717, 1.165) is 34.5 Å². The Balaban J connectivity index is 1.65. The largest absolute Gasteiger partial charge is 0.376 e. The Morgan fingerprint density at radius 3 is 2.39 bits per heavy atom. The van der Waals surface area contributed by atoms with E-state index in [1.807, 2.05) is 60.9 Å². The Morgan fingerprint density at radius 2 is 1.68 bits per heavy atom. The number of hydrogen-bond acceptors (Lipinski definition) is 4. The van der Waals surface area contributed by atoms with Crippen LogP contribution in [-0.4, -0.2) is 39.2 Å². The normalized spacial score (nSPS) is 14.6. The molecule has 0 spiro atoms. The molecule has 1 aromatic heterocycles. The zero-order chi connectivity index (χ0) is 19.3. The molecule has 1 aliphatic rings. The van der Waals surface area contributed by atoms with Gasteiger partial charge in [0.1, 0.15) is 11.4 Å². The number of hydrogen-bond donors (Lipinski definition) is 0. The van der Waals surface area contributed by atoms with Crippen molar-refractivity contribution in [2.75, 3.05) is 13.1 Å². The number of nitrogens with zero attached hydrogens (tertiary/aromatic N) is 5. The fourth-order valence-electron chi connectivity index (χ4n) is 3.05. The molecule has 1 fully saturated rings. The van der Waals surface area contributed by atoms with Crippen LogP contribution in [0.4, 0.5) is 0 Å². The monoisotopic (exact) mass is 455 g/mol. The molecule has 2 aromatic carbocycles. The third-order valence-corrected chi connectivity index (χ3v) is 5.30. The summed E-state index contributed by atoms with van der Waals surface area (Å²) >= 11 is 9.49. The maximum Gasteiger partial charge on any atom is 0.132 e. The smallest absolute Gasteiger partial charge is 0.132 e. The molecule has 1 aliphatic heterocycles. The van der Waals surface area contributed by atoms with Gasteiger partial charge in [-0.2, -0.15) is 4.80 Å². The molecule has 0 amide bonds. The van der Waals surface area contributed by atoms with Gasteiger partial charge < -0.3 is 4.90 Å². The number of rotatable bonds is 5. The van der Waals surface area contributed by atoms with Gasteiger partial charge in [-0.05, 0) is 49.2 Å². The molecule has 0 bridgehead atoms. The van der Waals surface area contributed by atoms with Gasteiger partial charge in [-0.3, -0.25) is 4.99 Å². The summed E-state index contributed by atoms with van der Waals surface area (Å²) in [7, 11) is 0. The van der Waals surface area contributed by atoms with Crippen molar-refractivity contribution in [1.82, 2.24) is 19.9 Å². The molecule has 7 heteroatoms. The Hall–Kier alpha value is -2.44. The van der Waals surface area contributed by atoms with Gasteiger partial charge in [0.05, 0.1) is 11.9 Å². The van der Waals surface area contributed by atoms with E-state index in [0.29, 0.717) is 10.7 Å². The Kier molecular flexibility index (Phi) is 5.88. The molecule has 1 saturated heterocycles. The summed E-state index contributed by atoms with van der Waals surface area (Å²) in [5.74, 6) is 0. The third kappa shape index (κ3) is 4.51. The third-order valence-electron chi connectivity index (χ3n) is 4.52. The minimum atomic E-state index is 0.688. The van der Waals surface area contributed by atoms with Crippen LogP contribution in [-0.2, 0) is 0 Å². The standard InChI is InChI=1S/C21H19BrClN5/c22-17-5-9-19(10-6-17)28-25-20(15-24-11-14-27-12-1-2-13-27)21(26-28)16-3-7-18(23)8-4-16/h3-11,14-15H,1-2,12-13H2/b14-11+,24-15?. The van der Waals surface area contributed by atoms with Crippen LogP contribution in [0.25, 0.3) is 16.9 Å². The average molecular weight is 457 g/mol. The van der Waals surface area contributed by atoms with Crippen molar-refractivity contribution < 1.29 is 0 Å². The van der Waals surface area contributed by atoms with Gasteiger partial charge in [0, 0.05) is 40.5 Å². The molecule has 5 nitrogen and oxygen atoms in total. The number of halogens is 2. The van der Waals surface area contributed by atoms with Crippen molar-refractivity contribution in [2.45, 2.75) is 12.8 Å². The zero-order valence-electron chi connectivity index (χ0n) is 15.2. The van der Waals surface area contributed by atoms with Crippen LogP contribution >= 0.6 is 27.5 Å². The first kappa shape index (κ1) is 18.9. The second-order valence-corrected chi connectivity index (χ2v) is 7.88. The van der Waals surface area contributed by atoms with Crippen molar-refractivity contribution in [3.05, 3.63) is 76.1 Å². The van der Waals surface area contributed by atoms with Gasteiger partial charge in [0.15, 0.2) is 0 Å². The van der Waals surface area contributed by atoms with E-state index in [1.165, 1.54) is 12.8 Å². The Labute approximate surface area is 177 Å². The van der Waals surface area contributed by atoms with Crippen LogP contribution in [0.2, 0.25) is 5.02 Å². The molecule has 142 valence electrons. The summed E-state index contributed by atoms with van der Waals surface area (Å²) in [4.78, 5) is 8.33. The SMILES string of the molecule is Clc1ccc(-c2nn(-c3ccc(Br)cc3)nc2C=N/C=C/N2CCCC2)cc1. The van der Waals surface area contributed by atoms with Crippen LogP contribution in [0.1, 0.15) is 18.5 Å². The summed E-state index contributed by atoms with van der Waals surface area (Å²) in [5.41, 5.74) is 3.29. The maximum absolute atomic E-state index is 6.03. The Bertz CT molecular complexity index is 987. The van der Waals surface area contributed by atoms with Gasteiger partial charge >= 0.3 is 0 Å². The van der Waals surface area contributed by atoms with Gasteiger partial charge in [0.25, 0.3) is 0 Å². The highest BCUT2D eigenvalue weighted by molar-refractivity contribution is 9.10. The molecule has 28 heavy (non-hydrogen) atoms. The Morgan fingerprint density at radius 1 is 0.964 bits per heavy atom. The zero-order valence-corrected chi connectivity index (χ0v) is 17.5. The quantitative estimate of drug-likeness (QED) is 0.487. The first-order chi connectivity index (χ1) is 13.7. The van der Waals surface area contributed by atoms with Gasteiger partial charge in [-0.25, -0.2) is 0 Å². The van der Waals surface area contributed by atoms with Gasteiger partial charge in [-0.15, -0.1) is 10.2 Å². The van der Waals surface area contributed by atoms with Gasteiger partial charge in [-0.1, -0.05) is 39.7 Å². The molecule has 4 rings (SSSR count). The summed E-state index contributed by atoms with van der Waals surface area (Å²) in [6.45, 7) is 2.20. The lowest BCUT2D eigenvalue weighted by molar-refractivity contribution is 0.467. The molecule has 0 atom stereocenters. The lowest BCUT2D eigenvalue weighted by Crippen LogP contribution is -2.09. The predicted octanol–water partition coefficient (Wildman–Crippen LogP) is 5.34. The van der Waals surface area contributed by atoms with Crippen LogP contribution in [0.5, 0.6) is 0 Å². The summed E-state index contributed by atoms with van der Waals surface area (Å²) in [6.07, 6.45) is 8.09. The van der Waals surface area contributed by atoms with E-state index in [4.69, 9.17) is 11.6 Å². The van der Waals surface area contributed by atoms with E-state index in [-0.39, 0.29) is 0 Å². The average Bonchev–Trinajstić information content (AvgIpc) is 3.36. The highest BCUT2D eigenvalue weighted by Gasteiger charge is 2.13. The van der Waals surface area contributed by atoms with Crippen LogP contribution in [0, 0.1) is 0 Å². The van der Waals surface area contributed by atoms with E-state index < -0.39 is 0 Å². The number of aliphatic imine (C=N–C) groups is 1. The minimum absolute atomic E-state index is 0.688.